The summed E-state index contributed by atoms with van der Waals surface area (Å²) in [4.78, 5) is 47.7. The van der Waals surface area contributed by atoms with Gasteiger partial charge in [-0.2, -0.15) is 0 Å². The Bertz CT molecular complexity index is 858. The van der Waals surface area contributed by atoms with Crippen LogP contribution in [-0.2, 0) is 14.4 Å². The molecule has 0 aliphatic carbocycles. The maximum Gasteiger partial charge on any atom is 0.327 e. The molecule has 0 saturated carbocycles. The number of benzene rings is 1. The lowest BCUT2D eigenvalue weighted by Gasteiger charge is -2.43. The molecule has 3 rings (SSSR count). The van der Waals surface area contributed by atoms with Crippen molar-refractivity contribution >= 4 is 35.2 Å². The number of carboxylic acid groups (broad SMARTS) is 1. The van der Waals surface area contributed by atoms with Crippen molar-refractivity contribution in [1.29, 1.82) is 0 Å². The number of ether oxygens (including phenoxy) is 1. The van der Waals surface area contributed by atoms with Crippen molar-refractivity contribution in [2.75, 3.05) is 0 Å². The number of nitrogens with zero attached hydrogens (tertiary/aromatic N) is 2. The second kappa shape index (κ2) is 7.54. The van der Waals surface area contributed by atoms with Gasteiger partial charge >= 0.3 is 5.97 Å². The van der Waals surface area contributed by atoms with E-state index >= 15 is 0 Å². The van der Waals surface area contributed by atoms with Crippen LogP contribution in [0.3, 0.4) is 0 Å². The van der Waals surface area contributed by atoms with Gasteiger partial charge in [0.25, 0.3) is 5.69 Å². The summed E-state index contributed by atoms with van der Waals surface area (Å²) >= 11 is 1.36. The van der Waals surface area contributed by atoms with Crippen LogP contribution in [0, 0.1) is 10.1 Å². The van der Waals surface area contributed by atoms with Crippen LogP contribution in [0.25, 0.3) is 0 Å². The smallest absolute Gasteiger partial charge is 0.327 e. The van der Waals surface area contributed by atoms with Crippen LogP contribution in [0.4, 0.5) is 5.69 Å². The predicted molar refractivity (Wildman–Crippen MR) is 103 cm³/mol. The molecule has 0 bridgehead atoms. The number of amides is 2. The Labute approximate surface area is 170 Å². The molecule has 1 unspecified atom stereocenters. The number of β-lactam (4-membered cyclic amide) rings is 1. The van der Waals surface area contributed by atoms with E-state index in [1.807, 2.05) is 0 Å². The van der Waals surface area contributed by atoms with Gasteiger partial charge in [0.2, 0.25) is 11.8 Å². The molecule has 2 N–H and O–H groups in total. The molecule has 0 radical (unpaired) electrons. The lowest BCUT2D eigenvalue weighted by molar-refractivity contribution is -0.384. The number of fused-ring (bicyclic) bond motifs is 1. The van der Waals surface area contributed by atoms with Gasteiger partial charge in [0, 0.05) is 16.9 Å². The van der Waals surface area contributed by atoms with Gasteiger partial charge < -0.3 is 20.1 Å². The summed E-state index contributed by atoms with van der Waals surface area (Å²) in [6.45, 7) is 5.20. The van der Waals surface area contributed by atoms with Crippen molar-refractivity contribution in [2.24, 2.45) is 0 Å². The third-order valence-corrected chi connectivity index (χ3v) is 6.42. The van der Waals surface area contributed by atoms with Crippen molar-refractivity contribution in [3.05, 3.63) is 34.4 Å². The number of aliphatic carboxylic acids is 1. The monoisotopic (exact) mass is 423 g/mol. The summed E-state index contributed by atoms with van der Waals surface area (Å²) in [7, 11) is 0. The molecule has 2 fully saturated rings. The molecule has 29 heavy (non-hydrogen) atoms. The van der Waals surface area contributed by atoms with Crippen LogP contribution in [0.2, 0.25) is 0 Å². The first-order valence-corrected chi connectivity index (χ1v) is 9.82. The van der Waals surface area contributed by atoms with Gasteiger partial charge in [0.15, 0.2) is 0 Å². The SMILES string of the molecule is CC(CC(=O)N[C@@H]1C(=O)N2[C@@H]1SC(C)(C)[C@@H]2C(=O)O)Oc1ccc([N+](=O)[O-])cc1. The van der Waals surface area contributed by atoms with Crippen LogP contribution in [-0.4, -0.2) is 61.0 Å². The van der Waals surface area contributed by atoms with Gasteiger partial charge in [0.1, 0.15) is 29.3 Å². The fourth-order valence-corrected chi connectivity index (χ4v) is 5.18. The summed E-state index contributed by atoms with van der Waals surface area (Å²) in [6, 6.07) is 3.82. The Morgan fingerprint density at radius 2 is 2.00 bits per heavy atom. The maximum absolute atomic E-state index is 12.4. The van der Waals surface area contributed by atoms with E-state index in [2.05, 4.69) is 5.32 Å². The zero-order valence-electron chi connectivity index (χ0n) is 16.0. The molecule has 2 amide bonds. The van der Waals surface area contributed by atoms with E-state index in [9.17, 15) is 29.6 Å². The first-order chi connectivity index (χ1) is 13.5. The highest BCUT2D eigenvalue weighted by molar-refractivity contribution is 8.01. The molecular weight excluding hydrogens is 402 g/mol. The van der Waals surface area contributed by atoms with E-state index in [1.165, 1.54) is 40.9 Å². The largest absolute Gasteiger partial charge is 0.490 e. The number of non-ortho nitro benzene ring substituents is 1. The zero-order chi connectivity index (χ0) is 21.5. The molecule has 10 nitrogen and oxygen atoms in total. The molecule has 2 aliphatic rings. The van der Waals surface area contributed by atoms with E-state index in [4.69, 9.17) is 4.74 Å². The summed E-state index contributed by atoms with van der Waals surface area (Å²) in [6.07, 6.45) is -0.550. The van der Waals surface area contributed by atoms with Crippen LogP contribution >= 0.6 is 11.8 Å². The lowest BCUT2D eigenvalue weighted by Crippen LogP contribution is -2.70. The van der Waals surface area contributed by atoms with Crippen molar-refractivity contribution in [3.8, 4) is 5.75 Å². The molecule has 2 saturated heterocycles. The number of carboxylic acids is 1. The quantitative estimate of drug-likeness (QED) is 0.381. The number of carbonyl (C=O) groups excluding carboxylic acids is 2. The van der Waals surface area contributed by atoms with Crippen molar-refractivity contribution in [1.82, 2.24) is 10.2 Å². The van der Waals surface area contributed by atoms with E-state index in [-0.39, 0.29) is 12.1 Å². The van der Waals surface area contributed by atoms with E-state index in [0.29, 0.717) is 5.75 Å². The van der Waals surface area contributed by atoms with Gasteiger partial charge in [-0.1, -0.05) is 0 Å². The van der Waals surface area contributed by atoms with Gasteiger partial charge in [-0.25, -0.2) is 4.79 Å². The van der Waals surface area contributed by atoms with Gasteiger partial charge in [-0.15, -0.1) is 11.8 Å². The average molecular weight is 423 g/mol. The van der Waals surface area contributed by atoms with Crippen LogP contribution in [0.15, 0.2) is 24.3 Å². The normalized spacial score (nSPS) is 25.6. The third kappa shape index (κ3) is 4.00. The second-order valence-electron chi connectivity index (χ2n) is 7.53. The molecular formula is C18H21N3O7S. The Kier molecular flexibility index (Phi) is 5.44. The van der Waals surface area contributed by atoms with E-state index < -0.39 is 51.0 Å². The van der Waals surface area contributed by atoms with Crippen LogP contribution in [0.5, 0.6) is 5.75 Å². The Morgan fingerprint density at radius 1 is 1.38 bits per heavy atom. The summed E-state index contributed by atoms with van der Waals surface area (Å²) in [5, 5.41) is 22.3. The van der Waals surface area contributed by atoms with Crippen molar-refractivity contribution in [2.45, 2.75) is 55.5 Å². The Hall–Kier alpha value is -2.82. The summed E-state index contributed by atoms with van der Waals surface area (Å²) in [5.74, 6) is -1.47. The van der Waals surface area contributed by atoms with Crippen molar-refractivity contribution in [3.63, 3.8) is 0 Å². The van der Waals surface area contributed by atoms with E-state index in [1.54, 1.807) is 20.8 Å². The maximum atomic E-state index is 12.4. The summed E-state index contributed by atoms with van der Waals surface area (Å²) in [5.41, 5.74) is -0.0625. The number of nitrogens with one attached hydrogen (secondary N) is 1. The fourth-order valence-electron chi connectivity index (χ4n) is 3.56. The van der Waals surface area contributed by atoms with Gasteiger partial charge in [0.05, 0.1) is 11.3 Å². The minimum atomic E-state index is -1.06. The highest BCUT2D eigenvalue weighted by Crippen LogP contribution is 2.50. The molecule has 0 aromatic heterocycles. The molecule has 2 heterocycles. The number of hydrogen-bond donors (Lipinski definition) is 2. The highest BCUT2D eigenvalue weighted by atomic mass is 32.2. The first kappa shape index (κ1) is 20.9. The number of rotatable bonds is 7. The van der Waals surface area contributed by atoms with Gasteiger partial charge in [-0.05, 0) is 32.9 Å². The predicted octanol–water partition coefficient (Wildman–Crippen LogP) is 1.38. The number of thioether (sulfide) groups is 1. The average Bonchev–Trinajstić information content (AvgIpc) is 2.88. The van der Waals surface area contributed by atoms with Gasteiger partial charge in [-0.3, -0.25) is 19.7 Å². The minimum absolute atomic E-state index is 0.0239. The number of carbonyl (C=O) groups is 3. The number of hydrogen-bond acceptors (Lipinski definition) is 7. The first-order valence-electron chi connectivity index (χ1n) is 8.94. The molecule has 0 spiro atoms. The third-order valence-electron chi connectivity index (χ3n) is 4.85. The van der Waals surface area contributed by atoms with Crippen LogP contribution < -0.4 is 10.1 Å². The summed E-state index contributed by atoms with van der Waals surface area (Å²) < 4.78 is 4.93. The molecule has 1 aromatic carbocycles. The molecule has 156 valence electrons. The minimum Gasteiger partial charge on any atom is -0.490 e. The van der Waals surface area contributed by atoms with Crippen molar-refractivity contribution < 1.29 is 29.2 Å². The Morgan fingerprint density at radius 3 is 2.55 bits per heavy atom. The molecule has 2 aliphatic heterocycles. The van der Waals surface area contributed by atoms with E-state index in [0.717, 1.165) is 0 Å². The molecule has 4 atom stereocenters. The number of nitro benzene ring substituents is 1. The second-order valence-corrected chi connectivity index (χ2v) is 9.30. The topological polar surface area (TPSA) is 139 Å². The highest BCUT2D eigenvalue weighted by Gasteiger charge is 2.64. The standard InChI is InChI=1S/C18H21N3O7S/c1-9(28-11-6-4-10(5-7-11)21(26)27)8-12(22)19-13-15(23)20-14(17(24)25)18(2,3)29-16(13)20/h4-7,9,13-14,16H,8H2,1-3H3,(H,19,22)(H,24,25)/t9?,13-,14+,16-/m1/s1. The fraction of sp³-hybridized carbons (Fsp3) is 0.500. The lowest BCUT2D eigenvalue weighted by atomic mass is 9.96. The zero-order valence-corrected chi connectivity index (χ0v) is 16.8. The Balaban J connectivity index is 1.54. The van der Waals surface area contributed by atoms with Crippen LogP contribution in [0.1, 0.15) is 27.2 Å². The molecule has 11 heteroatoms. The number of nitro groups is 1. The molecule has 1 aromatic rings.